The Labute approximate surface area is 124 Å². The summed E-state index contributed by atoms with van der Waals surface area (Å²) in [7, 11) is 4.99. The van der Waals surface area contributed by atoms with Crippen molar-refractivity contribution in [2.24, 2.45) is 0 Å². The largest absolute Gasteiger partial charge is 0.493 e. The minimum Gasteiger partial charge on any atom is -0.493 e. The van der Waals surface area contributed by atoms with Crippen LogP contribution in [0.3, 0.4) is 0 Å². The number of nitrogens with one attached hydrogen (secondary N) is 1. The third kappa shape index (κ3) is 3.36. The summed E-state index contributed by atoms with van der Waals surface area (Å²) in [5.74, 6) is 2.19. The highest BCUT2D eigenvalue weighted by Crippen LogP contribution is 2.38. The highest BCUT2D eigenvalue weighted by molar-refractivity contribution is 5.82. The number of ether oxygens (including phenoxy) is 3. The van der Waals surface area contributed by atoms with Crippen molar-refractivity contribution in [3.8, 4) is 17.2 Å². The molecule has 1 aromatic rings. The number of ketones is 1. The fourth-order valence-electron chi connectivity index (χ4n) is 2.37. The van der Waals surface area contributed by atoms with Gasteiger partial charge < -0.3 is 19.5 Å². The van der Waals surface area contributed by atoms with Crippen molar-refractivity contribution in [2.75, 3.05) is 27.9 Å². The molecule has 1 aromatic carbocycles. The molecule has 2 rings (SSSR count). The molecule has 0 aliphatic carbocycles. The van der Waals surface area contributed by atoms with Gasteiger partial charge in [-0.15, -0.1) is 0 Å². The highest BCUT2D eigenvalue weighted by atomic mass is 16.5. The van der Waals surface area contributed by atoms with Crippen LogP contribution in [0.1, 0.15) is 18.9 Å². The monoisotopic (exact) mass is 291 g/mol. The van der Waals surface area contributed by atoms with E-state index in [1.807, 2.05) is 18.2 Å². The van der Waals surface area contributed by atoms with Crippen LogP contribution in [0.4, 0.5) is 0 Å². The first-order valence-electron chi connectivity index (χ1n) is 6.85. The van der Waals surface area contributed by atoms with Crippen molar-refractivity contribution < 1.29 is 19.0 Å². The van der Waals surface area contributed by atoms with E-state index >= 15 is 0 Å². The van der Waals surface area contributed by atoms with E-state index in [-0.39, 0.29) is 11.8 Å². The van der Waals surface area contributed by atoms with Gasteiger partial charge in [0.1, 0.15) is 18.1 Å². The van der Waals surface area contributed by atoms with Crippen LogP contribution >= 0.6 is 0 Å². The second-order valence-electron chi connectivity index (χ2n) is 4.99. The van der Waals surface area contributed by atoms with Crippen LogP contribution in [-0.4, -0.2) is 39.7 Å². The van der Waals surface area contributed by atoms with E-state index in [9.17, 15) is 4.79 Å². The number of rotatable bonds is 6. The lowest BCUT2D eigenvalue weighted by Gasteiger charge is -2.22. The molecular weight excluding hydrogens is 270 g/mol. The lowest BCUT2D eigenvalue weighted by molar-refractivity contribution is -0.118. The first kappa shape index (κ1) is 15.4. The second-order valence-corrected chi connectivity index (χ2v) is 4.99. The van der Waals surface area contributed by atoms with Gasteiger partial charge in [0.25, 0.3) is 0 Å². The lowest BCUT2D eigenvalue weighted by atomic mass is 9.99. The summed E-state index contributed by atoms with van der Waals surface area (Å²) in [5.41, 5.74) is 2.01. The fourth-order valence-corrected chi connectivity index (χ4v) is 2.37. The molecule has 1 atom stereocenters. The van der Waals surface area contributed by atoms with Crippen molar-refractivity contribution in [2.45, 2.75) is 19.4 Å². The number of likely N-dealkylation sites (N-methyl/N-ethyl adjacent to an activating group) is 1. The maximum absolute atomic E-state index is 11.5. The third-order valence-electron chi connectivity index (χ3n) is 3.59. The molecule has 0 radical (unpaired) electrons. The summed E-state index contributed by atoms with van der Waals surface area (Å²) in [5, 5.41) is 3.02. The number of methoxy groups -OCH3 is 2. The van der Waals surface area contributed by atoms with Gasteiger partial charge in [-0.1, -0.05) is 0 Å². The standard InChI is InChI=1S/C16H21NO4/c1-10(18)13(17-2)6-11-5-12-7-15(19-3)16(20-4)8-14(12)21-9-11/h5,7-8,13,17H,6,9H2,1-4H3/t13-/m0/s1. The zero-order valence-electron chi connectivity index (χ0n) is 12.9. The van der Waals surface area contributed by atoms with Crippen LogP contribution in [-0.2, 0) is 4.79 Å². The number of hydrogen-bond donors (Lipinski definition) is 1. The van der Waals surface area contributed by atoms with Crippen molar-refractivity contribution in [3.05, 3.63) is 23.3 Å². The summed E-state index contributed by atoms with van der Waals surface area (Å²) >= 11 is 0. The van der Waals surface area contributed by atoms with E-state index in [1.165, 1.54) is 0 Å². The average molecular weight is 291 g/mol. The Kier molecular flexibility index (Phi) is 4.85. The van der Waals surface area contributed by atoms with Crippen LogP contribution in [0.2, 0.25) is 0 Å². The minimum atomic E-state index is -0.179. The van der Waals surface area contributed by atoms with Crippen LogP contribution in [0, 0.1) is 0 Å². The summed E-state index contributed by atoms with van der Waals surface area (Å²) in [4.78, 5) is 11.5. The van der Waals surface area contributed by atoms with Crippen LogP contribution in [0.25, 0.3) is 6.08 Å². The van der Waals surface area contributed by atoms with E-state index < -0.39 is 0 Å². The van der Waals surface area contributed by atoms with Crippen molar-refractivity contribution in [1.29, 1.82) is 0 Å². The first-order chi connectivity index (χ1) is 10.1. The molecule has 0 unspecified atom stereocenters. The van der Waals surface area contributed by atoms with Gasteiger partial charge in [-0.05, 0) is 38.1 Å². The Morgan fingerprint density at radius 1 is 1.33 bits per heavy atom. The van der Waals surface area contributed by atoms with Gasteiger partial charge >= 0.3 is 0 Å². The van der Waals surface area contributed by atoms with E-state index in [0.29, 0.717) is 24.5 Å². The SMILES string of the molecule is CN[C@@H](CC1=Cc2cc(OC)c(OC)cc2OC1)C(C)=O. The van der Waals surface area contributed by atoms with Crippen LogP contribution in [0.5, 0.6) is 17.2 Å². The van der Waals surface area contributed by atoms with Gasteiger partial charge in [0.2, 0.25) is 0 Å². The molecule has 0 saturated heterocycles. The summed E-state index contributed by atoms with van der Waals surface area (Å²) in [6, 6.07) is 3.53. The maximum atomic E-state index is 11.5. The molecule has 5 heteroatoms. The van der Waals surface area contributed by atoms with Crippen LogP contribution in [0.15, 0.2) is 17.7 Å². The molecule has 5 nitrogen and oxygen atoms in total. The van der Waals surface area contributed by atoms with Gasteiger partial charge in [-0.3, -0.25) is 4.79 Å². The number of carbonyl (C=O) groups is 1. The van der Waals surface area contributed by atoms with Gasteiger partial charge in [0, 0.05) is 11.6 Å². The smallest absolute Gasteiger partial charge is 0.164 e. The Balaban J connectivity index is 2.27. The van der Waals surface area contributed by atoms with Gasteiger partial charge in [-0.2, -0.15) is 0 Å². The third-order valence-corrected chi connectivity index (χ3v) is 3.59. The number of hydrogen-bond acceptors (Lipinski definition) is 5. The molecule has 21 heavy (non-hydrogen) atoms. The van der Waals surface area contributed by atoms with Crippen molar-refractivity contribution in [3.63, 3.8) is 0 Å². The average Bonchev–Trinajstić information content (AvgIpc) is 2.50. The number of carbonyl (C=O) groups excluding carboxylic acids is 1. The summed E-state index contributed by atoms with van der Waals surface area (Å²) in [6.07, 6.45) is 2.69. The lowest BCUT2D eigenvalue weighted by Crippen LogP contribution is -2.33. The summed E-state index contributed by atoms with van der Waals surface area (Å²) < 4.78 is 16.3. The maximum Gasteiger partial charge on any atom is 0.164 e. The molecule has 1 aliphatic rings. The first-order valence-corrected chi connectivity index (χ1v) is 6.85. The topological polar surface area (TPSA) is 56.8 Å². The Morgan fingerprint density at radius 3 is 2.57 bits per heavy atom. The Morgan fingerprint density at radius 2 is 2.00 bits per heavy atom. The molecule has 1 heterocycles. The Bertz CT molecular complexity index is 566. The van der Waals surface area contributed by atoms with Crippen molar-refractivity contribution >= 4 is 11.9 Å². The molecular formula is C16H21NO4. The molecule has 0 aromatic heterocycles. The molecule has 0 bridgehead atoms. The van der Waals surface area contributed by atoms with Gasteiger partial charge in [0.05, 0.1) is 20.3 Å². The molecule has 0 fully saturated rings. The predicted octanol–water partition coefficient (Wildman–Crippen LogP) is 2.05. The van der Waals surface area contributed by atoms with E-state index in [0.717, 1.165) is 16.9 Å². The zero-order valence-corrected chi connectivity index (χ0v) is 12.9. The molecule has 0 amide bonds. The second kappa shape index (κ2) is 6.63. The minimum absolute atomic E-state index is 0.122. The van der Waals surface area contributed by atoms with E-state index in [4.69, 9.17) is 14.2 Å². The predicted molar refractivity (Wildman–Crippen MR) is 81.2 cm³/mol. The number of Topliss-reactive ketones (excluding diaryl/α,β-unsaturated/α-hetero) is 1. The Hall–Kier alpha value is -2.01. The van der Waals surface area contributed by atoms with E-state index in [1.54, 1.807) is 28.2 Å². The normalized spacial score (nSPS) is 14.6. The van der Waals surface area contributed by atoms with Gasteiger partial charge in [-0.25, -0.2) is 0 Å². The molecule has 1 N–H and O–H groups in total. The fraction of sp³-hybridized carbons (Fsp3) is 0.438. The van der Waals surface area contributed by atoms with Crippen molar-refractivity contribution in [1.82, 2.24) is 5.32 Å². The van der Waals surface area contributed by atoms with Gasteiger partial charge in [0.15, 0.2) is 11.5 Å². The highest BCUT2D eigenvalue weighted by Gasteiger charge is 2.19. The summed E-state index contributed by atoms with van der Waals surface area (Å²) in [6.45, 7) is 2.07. The number of benzene rings is 1. The molecule has 114 valence electrons. The van der Waals surface area contributed by atoms with E-state index in [2.05, 4.69) is 5.32 Å². The quantitative estimate of drug-likeness (QED) is 0.869. The van der Waals surface area contributed by atoms with Crippen LogP contribution < -0.4 is 19.5 Å². The zero-order chi connectivity index (χ0) is 15.4. The number of fused-ring (bicyclic) bond motifs is 1. The molecule has 0 spiro atoms. The molecule has 1 aliphatic heterocycles. The molecule has 0 saturated carbocycles.